The molecule has 2 aromatic rings. The van der Waals surface area contributed by atoms with Crippen molar-refractivity contribution in [2.24, 2.45) is 5.73 Å². The van der Waals surface area contributed by atoms with Crippen molar-refractivity contribution in [2.75, 3.05) is 6.54 Å². The topological polar surface area (TPSA) is 71.8 Å². The van der Waals surface area contributed by atoms with Crippen LogP contribution in [-0.2, 0) is 5.75 Å². The number of H-pyrrole nitrogens is 1. The Balaban J connectivity index is 2.14. The van der Waals surface area contributed by atoms with Gasteiger partial charge in [0.05, 0.1) is 12.1 Å². The number of benzene rings is 1. The van der Waals surface area contributed by atoms with Gasteiger partial charge in [-0.25, -0.2) is 9.37 Å². The monoisotopic (exact) mass is 303 g/mol. The Labute approximate surface area is 126 Å². The van der Waals surface area contributed by atoms with Gasteiger partial charge in [0, 0.05) is 17.5 Å². The number of halogens is 1. The predicted molar refractivity (Wildman–Crippen MR) is 81.5 cm³/mol. The quantitative estimate of drug-likeness (QED) is 0.515. The molecule has 3 N–H and O–H groups in total. The van der Waals surface area contributed by atoms with Crippen LogP contribution in [0.3, 0.4) is 0 Å². The first kappa shape index (κ1) is 15.3. The zero-order valence-electron chi connectivity index (χ0n) is 11.4. The lowest BCUT2D eigenvalue weighted by molar-refractivity contribution is 0.624. The molecular formula is C15H14FN3OS. The number of nitrogens with two attached hydrogens (primary N) is 1. The Hall–Kier alpha value is -2.10. The summed E-state index contributed by atoms with van der Waals surface area (Å²) in [6.07, 6.45) is 0. The van der Waals surface area contributed by atoms with E-state index in [1.165, 1.54) is 23.9 Å². The smallest absolute Gasteiger partial charge is 0.251 e. The third-order valence-corrected chi connectivity index (χ3v) is 3.52. The fourth-order valence-electron chi connectivity index (χ4n) is 1.68. The fourth-order valence-corrected chi connectivity index (χ4v) is 2.54. The maximum Gasteiger partial charge on any atom is 0.251 e. The van der Waals surface area contributed by atoms with E-state index in [1.807, 2.05) is 0 Å². The highest BCUT2D eigenvalue weighted by molar-refractivity contribution is 7.98. The molecule has 0 unspecified atom stereocenters. The van der Waals surface area contributed by atoms with Crippen molar-refractivity contribution >= 4 is 11.8 Å². The van der Waals surface area contributed by atoms with Crippen LogP contribution in [0.5, 0.6) is 0 Å². The van der Waals surface area contributed by atoms with E-state index < -0.39 is 0 Å². The van der Waals surface area contributed by atoms with E-state index in [9.17, 15) is 9.18 Å². The van der Waals surface area contributed by atoms with Crippen LogP contribution in [0.25, 0.3) is 0 Å². The molecule has 21 heavy (non-hydrogen) atoms. The third kappa shape index (κ3) is 4.45. The second-order valence-electron chi connectivity index (χ2n) is 4.30. The molecule has 0 radical (unpaired) electrons. The number of hydrogen-bond acceptors (Lipinski definition) is 4. The first-order chi connectivity index (χ1) is 10.1. The third-order valence-electron chi connectivity index (χ3n) is 2.58. The van der Waals surface area contributed by atoms with Gasteiger partial charge in [0.1, 0.15) is 5.82 Å². The van der Waals surface area contributed by atoms with E-state index in [4.69, 9.17) is 5.73 Å². The van der Waals surface area contributed by atoms with Crippen LogP contribution in [-0.4, -0.2) is 16.5 Å². The van der Waals surface area contributed by atoms with E-state index in [2.05, 4.69) is 21.8 Å². The molecule has 0 fully saturated rings. The van der Waals surface area contributed by atoms with Gasteiger partial charge in [-0.05, 0) is 24.6 Å². The van der Waals surface area contributed by atoms with Gasteiger partial charge in [0.2, 0.25) is 0 Å². The Morgan fingerprint density at radius 2 is 2.24 bits per heavy atom. The highest BCUT2D eigenvalue weighted by Gasteiger charge is 2.04. The average molecular weight is 303 g/mol. The molecule has 0 atom stereocenters. The molecule has 0 amide bonds. The summed E-state index contributed by atoms with van der Waals surface area (Å²) in [5.74, 6) is 5.52. The number of aryl methyl sites for hydroxylation is 1. The molecule has 0 bridgehead atoms. The molecule has 1 heterocycles. The molecule has 1 aromatic heterocycles. The SMILES string of the molecule is Cc1cc(=O)[nH]c(SCc2ccc(F)c(C#CCN)c2)n1. The van der Waals surface area contributed by atoms with E-state index in [0.717, 1.165) is 5.56 Å². The summed E-state index contributed by atoms with van der Waals surface area (Å²) in [5, 5.41) is 0.541. The lowest BCUT2D eigenvalue weighted by atomic mass is 10.1. The summed E-state index contributed by atoms with van der Waals surface area (Å²) in [6.45, 7) is 1.95. The summed E-state index contributed by atoms with van der Waals surface area (Å²) in [7, 11) is 0. The molecule has 0 aliphatic rings. The van der Waals surface area contributed by atoms with Crippen LogP contribution in [0.1, 0.15) is 16.8 Å². The Kier molecular flexibility index (Phi) is 5.14. The maximum atomic E-state index is 13.6. The number of hydrogen-bond donors (Lipinski definition) is 2. The number of rotatable bonds is 3. The minimum absolute atomic E-state index is 0.182. The summed E-state index contributed by atoms with van der Waals surface area (Å²) in [6, 6.07) is 6.17. The fraction of sp³-hybridized carbons (Fsp3) is 0.200. The molecule has 0 spiro atoms. The molecule has 2 rings (SSSR count). The van der Waals surface area contributed by atoms with E-state index in [1.54, 1.807) is 19.1 Å². The van der Waals surface area contributed by atoms with Crippen molar-refractivity contribution in [3.8, 4) is 11.8 Å². The van der Waals surface area contributed by atoms with Crippen LogP contribution in [0.4, 0.5) is 4.39 Å². The summed E-state index contributed by atoms with van der Waals surface area (Å²) in [4.78, 5) is 18.2. The second kappa shape index (κ2) is 7.07. The van der Waals surface area contributed by atoms with Crippen molar-refractivity contribution in [1.29, 1.82) is 0 Å². The molecule has 0 saturated heterocycles. The molecule has 108 valence electrons. The lowest BCUT2D eigenvalue weighted by Crippen LogP contribution is -2.08. The highest BCUT2D eigenvalue weighted by Crippen LogP contribution is 2.20. The zero-order chi connectivity index (χ0) is 15.2. The van der Waals surface area contributed by atoms with Crippen molar-refractivity contribution in [3.05, 3.63) is 57.3 Å². The predicted octanol–water partition coefficient (Wildman–Crippen LogP) is 1.82. The molecule has 1 aromatic carbocycles. The zero-order valence-corrected chi connectivity index (χ0v) is 12.3. The average Bonchev–Trinajstić information content (AvgIpc) is 2.44. The van der Waals surface area contributed by atoms with Crippen LogP contribution < -0.4 is 11.3 Å². The first-order valence-electron chi connectivity index (χ1n) is 6.26. The lowest BCUT2D eigenvalue weighted by Gasteiger charge is -2.03. The van der Waals surface area contributed by atoms with Crippen molar-refractivity contribution in [3.63, 3.8) is 0 Å². The minimum Gasteiger partial charge on any atom is -0.320 e. The Bertz CT molecular complexity index is 761. The number of nitrogens with one attached hydrogen (secondary N) is 1. The van der Waals surface area contributed by atoms with Crippen molar-refractivity contribution in [1.82, 2.24) is 9.97 Å². The standard InChI is InChI=1S/C15H14FN3OS/c1-10-7-14(20)19-15(18-10)21-9-11-4-5-13(16)12(8-11)3-2-6-17/h4-5,7-8H,6,9,17H2,1H3,(H,18,19,20). The molecule has 0 aliphatic heterocycles. The maximum absolute atomic E-state index is 13.6. The van der Waals surface area contributed by atoms with Crippen LogP contribution in [0.2, 0.25) is 0 Å². The van der Waals surface area contributed by atoms with Crippen LogP contribution >= 0.6 is 11.8 Å². The van der Waals surface area contributed by atoms with Crippen LogP contribution in [0, 0.1) is 24.6 Å². The van der Waals surface area contributed by atoms with Gasteiger partial charge in [-0.3, -0.25) is 4.79 Å². The molecule has 4 nitrogen and oxygen atoms in total. The Morgan fingerprint density at radius 3 is 2.95 bits per heavy atom. The van der Waals surface area contributed by atoms with E-state index in [-0.39, 0.29) is 17.9 Å². The number of aromatic nitrogens is 2. The van der Waals surface area contributed by atoms with Gasteiger partial charge in [0.15, 0.2) is 5.16 Å². The number of thioether (sulfide) groups is 1. The Morgan fingerprint density at radius 1 is 1.43 bits per heavy atom. The molecule has 0 saturated carbocycles. The molecule has 6 heteroatoms. The van der Waals surface area contributed by atoms with Gasteiger partial charge >= 0.3 is 0 Å². The van der Waals surface area contributed by atoms with E-state index in [0.29, 0.717) is 22.2 Å². The van der Waals surface area contributed by atoms with Gasteiger partial charge < -0.3 is 10.7 Å². The normalized spacial score (nSPS) is 10.0. The largest absolute Gasteiger partial charge is 0.320 e. The van der Waals surface area contributed by atoms with Gasteiger partial charge in [-0.1, -0.05) is 29.7 Å². The van der Waals surface area contributed by atoms with Crippen molar-refractivity contribution < 1.29 is 4.39 Å². The van der Waals surface area contributed by atoms with E-state index >= 15 is 0 Å². The summed E-state index contributed by atoms with van der Waals surface area (Å²) in [5.41, 5.74) is 6.98. The van der Waals surface area contributed by atoms with Gasteiger partial charge in [0.25, 0.3) is 5.56 Å². The highest BCUT2D eigenvalue weighted by atomic mass is 32.2. The molecule has 0 aliphatic carbocycles. The first-order valence-corrected chi connectivity index (χ1v) is 7.25. The van der Waals surface area contributed by atoms with Gasteiger partial charge in [-0.15, -0.1) is 0 Å². The van der Waals surface area contributed by atoms with Crippen molar-refractivity contribution in [2.45, 2.75) is 17.8 Å². The molecular weight excluding hydrogens is 289 g/mol. The summed E-state index contributed by atoms with van der Waals surface area (Å²) < 4.78 is 13.6. The number of nitrogens with zero attached hydrogens (tertiary/aromatic N) is 1. The van der Waals surface area contributed by atoms with Crippen LogP contribution in [0.15, 0.2) is 34.2 Å². The minimum atomic E-state index is -0.369. The number of aromatic amines is 1. The summed E-state index contributed by atoms with van der Waals surface area (Å²) >= 11 is 1.38. The second-order valence-corrected chi connectivity index (χ2v) is 5.26. The van der Waals surface area contributed by atoms with Gasteiger partial charge in [-0.2, -0.15) is 0 Å².